The van der Waals surface area contributed by atoms with Crippen molar-refractivity contribution >= 4 is 16.8 Å². The third-order valence-electron chi connectivity index (χ3n) is 4.12. The Kier molecular flexibility index (Phi) is 4.84. The molecule has 25 heavy (non-hydrogen) atoms. The van der Waals surface area contributed by atoms with Gasteiger partial charge in [-0.05, 0) is 43.3 Å². The molecule has 3 rings (SSSR count). The summed E-state index contributed by atoms with van der Waals surface area (Å²) in [7, 11) is 3.21. The molecule has 0 bridgehead atoms. The summed E-state index contributed by atoms with van der Waals surface area (Å²) >= 11 is 0. The molecule has 0 saturated carbocycles. The Morgan fingerprint density at radius 1 is 1.08 bits per heavy atom. The molecule has 0 saturated heterocycles. The highest BCUT2D eigenvalue weighted by atomic mass is 16.5. The SMILES string of the molecule is COc1ccc(C(C)NC(=O)c2ccc3ncccc3c2)c(OC)c1. The standard InChI is InChI=1S/C20H20N2O3/c1-13(17-8-7-16(24-2)12-19(17)25-3)22-20(23)15-6-9-18-14(11-15)5-4-10-21-18/h4-13H,1-3H3,(H,22,23). The van der Waals surface area contributed by atoms with Gasteiger partial charge in [0.05, 0.1) is 25.8 Å². The lowest BCUT2D eigenvalue weighted by Gasteiger charge is -2.18. The number of nitrogens with one attached hydrogen (secondary N) is 1. The van der Waals surface area contributed by atoms with E-state index in [2.05, 4.69) is 10.3 Å². The van der Waals surface area contributed by atoms with Gasteiger partial charge in [-0.15, -0.1) is 0 Å². The van der Waals surface area contributed by atoms with Gasteiger partial charge >= 0.3 is 0 Å². The zero-order valence-electron chi connectivity index (χ0n) is 14.4. The summed E-state index contributed by atoms with van der Waals surface area (Å²) in [5, 5.41) is 3.94. The van der Waals surface area contributed by atoms with Crippen molar-refractivity contribution in [2.75, 3.05) is 14.2 Å². The molecule has 1 aromatic heterocycles. The molecule has 0 fully saturated rings. The number of rotatable bonds is 5. The highest BCUT2D eigenvalue weighted by molar-refractivity contribution is 5.98. The number of hydrogen-bond donors (Lipinski definition) is 1. The van der Waals surface area contributed by atoms with E-state index in [1.54, 1.807) is 32.5 Å². The number of fused-ring (bicyclic) bond motifs is 1. The molecule has 1 amide bonds. The van der Waals surface area contributed by atoms with Crippen LogP contribution in [0.15, 0.2) is 54.7 Å². The van der Waals surface area contributed by atoms with Gasteiger partial charge in [0.25, 0.3) is 5.91 Å². The fourth-order valence-electron chi connectivity index (χ4n) is 2.75. The fraction of sp³-hybridized carbons (Fsp3) is 0.200. The second-order valence-corrected chi connectivity index (χ2v) is 5.71. The molecule has 2 aromatic carbocycles. The van der Waals surface area contributed by atoms with Crippen LogP contribution in [0.2, 0.25) is 0 Å². The molecular formula is C20H20N2O3. The molecule has 0 aliphatic carbocycles. The molecule has 3 aromatic rings. The van der Waals surface area contributed by atoms with Crippen molar-refractivity contribution in [3.8, 4) is 11.5 Å². The predicted octanol–water partition coefficient (Wildman–Crippen LogP) is 3.74. The lowest BCUT2D eigenvalue weighted by molar-refractivity contribution is 0.0939. The smallest absolute Gasteiger partial charge is 0.251 e. The van der Waals surface area contributed by atoms with Crippen LogP contribution in [0.3, 0.4) is 0 Å². The van der Waals surface area contributed by atoms with Gasteiger partial charge in [0.2, 0.25) is 0 Å². The van der Waals surface area contributed by atoms with Gasteiger partial charge < -0.3 is 14.8 Å². The van der Waals surface area contributed by atoms with Crippen molar-refractivity contribution < 1.29 is 14.3 Å². The lowest BCUT2D eigenvalue weighted by Crippen LogP contribution is -2.26. The molecule has 0 spiro atoms. The molecule has 1 heterocycles. The summed E-state index contributed by atoms with van der Waals surface area (Å²) < 4.78 is 10.6. The van der Waals surface area contributed by atoms with Crippen molar-refractivity contribution in [3.05, 3.63) is 65.9 Å². The average Bonchev–Trinajstić information content (AvgIpc) is 2.66. The van der Waals surface area contributed by atoms with Gasteiger partial charge in [-0.25, -0.2) is 0 Å². The second kappa shape index (κ2) is 7.21. The van der Waals surface area contributed by atoms with Gasteiger partial charge in [-0.2, -0.15) is 0 Å². The lowest BCUT2D eigenvalue weighted by atomic mass is 10.1. The Balaban J connectivity index is 1.82. The summed E-state index contributed by atoms with van der Waals surface area (Å²) in [5.41, 5.74) is 2.35. The molecule has 0 aliphatic rings. The van der Waals surface area contributed by atoms with E-state index in [-0.39, 0.29) is 11.9 Å². The average molecular weight is 336 g/mol. The first-order chi connectivity index (χ1) is 12.1. The Bertz CT molecular complexity index is 908. The van der Waals surface area contributed by atoms with E-state index < -0.39 is 0 Å². The molecule has 128 valence electrons. The van der Waals surface area contributed by atoms with Gasteiger partial charge in [0, 0.05) is 28.8 Å². The molecule has 1 unspecified atom stereocenters. The number of ether oxygens (including phenoxy) is 2. The number of hydrogen-bond acceptors (Lipinski definition) is 4. The van der Waals surface area contributed by atoms with Gasteiger partial charge in [-0.3, -0.25) is 9.78 Å². The van der Waals surface area contributed by atoms with Crippen LogP contribution >= 0.6 is 0 Å². The first kappa shape index (κ1) is 16.8. The van der Waals surface area contributed by atoms with Crippen molar-refractivity contribution in [2.45, 2.75) is 13.0 Å². The number of nitrogens with zero attached hydrogens (tertiary/aromatic N) is 1. The fourth-order valence-corrected chi connectivity index (χ4v) is 2.75. The summed E-state index contributed by atoms with van der Waals surface area (Å²) in [6, 6.07) is 14.6. The van der Waals surface area contributed by atoms with E-state index in [0.29, 0.717) is 17.1 Å². The maximum atomic E-state index is 12.6. The van der Waals surface area contributed by atoms with Crippen LogP contribution in [-0.2, 0) is 0 Å². The molecular weight excluding hydrogens is 316 g/mol. The van der Waals surface area contributed by atoms with Crippen LogP contribution < -0.4 is 14.8 Å². The van der Waals surface area contributed by atoms with Crippen LogP contribution in [0.5, 0.6) is 11.5 Å². The van der Waals surface area contributed by atoms with Crippen LogP contribution in [0.4, 0.5) is 0 Å². The highest BCUT2D eigenvalue weighted by Gasteiger charge is 2.16. The maximum absolute atomic E-state index is 12.6. The number of methoxy groups -OCH3 is 2. The number of amides is 1. The van der Waals surface area contributed by atoms with Crippen LogP contribution in [0.25, 0.3) is 10.9 Å². The minimum absolute atomic E-state index is 0.142. The topological polar surface area (TPSA) is 60.5 Å². The number of aromatic nitrogens is 1. The van der Waals surface area contributed by atoms with E-state index in [1.165, 1.54) is 0 Å². The summed E-state index contributed by atoms with van der Waals surface area (Å²) in [6.07, 6.45) is 1.74. The zero-order valence-corrected chi connectivity index (χ0v) is 14.4. The van der Waals surface area contributed by atoms with Crippen molar-refractivity contribution in [3.63, 3.8) is 0 Å². The maximum Gasteiger partial charge on any atom is 0.251 e. The zero-order chi connectivity index (χ0) is 17.8. The van der Waals surface area contributed by atoms with Gasteiger partial charge in [0.15, 0.2) is 0 Å². The molecule has 5 heteroatoms. The van der Waals surface area contributed by atoms with Crippen molar-refractivity contribution in [2.24, 2.45) is 0 Å². The summed E-state index contributed by atoms with van der Waals surface area (Å²) in [4.78, 5) is 16.9. The highest BCUT2D eigenvalue weighted by Crippen LogP contribution is 2.29. The van der Waals surface area contributed by atoms with Crippen LogP contribution in [0, 0.1) is 0 Å². The number of carbonyl (C=O) groups is 1. The Morgan fingerprint density at radius 3 is 2.68 bits per heavy atom. The Hall–Kier alpha value is -3.08. The predicted molar refractivity (Wildman–Crippen MR) is 97.2 cm³/mol. The quantitative estimate of drug-likeness (QED) is 0.771. The molecule has 0 aliphatic heterocycles. The van der Waals surface area contributed by atoms with Crippen LogP contribution in [-0.4, -0.2) is 25.1 Å². The van der Waals surface area contributed by atoms with E-state index in [4.69, 9.17) is 9.47 Å². The molecule has 0 radical (unpaired) electrons. The van der Waals surface area contributed by atoms with Crippen LogP contribution in [0.1, 0.15) is 28.9 Å². The number of carbonyl (C=O) groups excluding carboxylic acids is 1. The second-order valence-electron chi connectivity index (χ2n) is 5.71. The largest absolute Gasteiger partial charge is 0.497 e. The molecule has 1 N–H and O–H groups in total. The Labute approximate surface area is 146 Å². The number of pyridine rings is 1. The van der Waals surface area contributed by atoms with Gasteiger partial charge in [0.1, 0.15) is 11.5 Å². The molecule has 1 atom stereocenters. The first-order valence-electron chi connectivity index (χ1n) is 8.00. The normalized spacial score (nSPS) is 11.8. The minimum Gasteiger partial charge on any atom is -0.497 e. The Morgan fingerprint density at radius 2 is 1.92 bits per heavy atom. The monoisotopic (exact) mass is 336 g/mol. The third-order valence-corrected chi connectivity index (χ3v) is 4.12. The van der Waals surface area contributed by atoms with E-state index in [1.807, 2.05) is 43.3 Å². The minimum atomic E-state index is -0.210. The molecule has 5 nitrogen and oxygen atoms in total. The summed E-state index contributed by atoms with van der Waals surface area (Å²) in [5.74, 6) is 1.24. The number of benzene rings is 2. The van der Waals surface area contributed by atoms with Gasteiger partial charge in [-0.1, -0.05) is 6.07 Å². The van der Waals surface area contributed by atoms with E-state index >= 15 is 0 Å². The van der Waals surface area contributed by atoms with E-state index in [9.17, 15) is 4.79 Å². The van der Waals surface area contributed by atoms with Crippen molar-refractivity contribution in [1.82, 2.24) is 10.3 Å². The summed E-state index contributed by atoms with van der Waals surface area (Å²) in [6.45, 7) is 1.92. The van der Waals surface area contributed by atoms with Crippen molar-refractivity contribution in [1.29, 1.82) is 0 Å². The third kappa shape index (κ3) is 3.55. The van der Waals surface area contributed by atoms with E-state index in [0.717, 1.165) is 16.5 Å². The first-order valence-corrected chi connectivity index (χ1v) is 8.00.